The van der Waals surface area contributed by atoms with Crippen LogP contribution < -0.4 is 4.74 Å². The van der Waals surface area contributed by atoms with E-state index in [1.54, 1.807) is 12.1 Å². The Balaban J connectivity index is 2.01. The third-order valence-corrected chi connectivity index (χ3v) is 5.59. The van der Waals surface area contributed by atoms with Gasteiger partial charge in [-0.25, -0.2) is 0 Å². The molecule has 2 aromatic carbocycles. The van der Waals surface area contributed by atoms with Gasteiger partial charge >= 0.3 is 0 Å². The van der Waals surface area contributed by atoms with Gasteiger partial charge in [-0.3, -0.25) is 0 Å². The highest BCUT2D eigenvalue weighted by atomic mass is 16.5. The SMILES string of the molecule is CCC(=CCCC(O)(CC)CC)c1cccc(OCc2ccc(C(O)O)cc2)c1. The molecule has 0 aliphatic heterocycles. The van der Waals surface area contributed by atoms with Gasteiger partial charge in [0.15, 0.2) is 6.29 Å². The number of aliphatic hydroxyl groups is 3. The summed E-state index contributed by atoms with van der Waals surface area (Å²) in [5.41, 5.74) is 3.25. The number of rotatable bonds is 11. The summed E-state index contributed by atoms with van der Waals surface area (Å²) in [7, 11) is 0. The van der Waals surface area contributed by atoms with Crippen LogP contribution in [-0.4, -0.2) is 20.9 Å². The van der Waals surface area contributed by atoms with Gasteiger partial charge in [-0.05, 0) is 60.9 Å². The van der Waals surface area contributed by atoms with Gasteiger partial charge in [-0.1, -0.05) is 63.2 Å². The van der Waals surface area contributed by atoms with E-state index in [1.165, 1.54) is 5.57 Å². The van der Waals surface area contributed by atoms with Crippen molar-refractivity contribution in [2.24, 2.45) is 0 Å². The van der Waals surface area contributed by atoms with Gasteiger partial charge in [0.05, 0.1) is 5.60 Å². The Morgan fingerprint density at radius 1 is 1.03 bits per heavy atom. The van der Waals surface area contributed by atoms with Gasteiger partial charge in [0, 0.05) is 5.56 Å². The topological polar surface area (TPSA) is 69.9 Å². The van der Waals surface area contributed by atoms with Crippen molar-refractivity contribution in [3.63, 3.8) is 0 Å². The zero-order chi connectivity index (χ0) is 21.3. The van der Waals surface area contributed by atoms with E-state index in [1.807, 2.05) is 44.2 Å². The van der Waals surface area contributed by atoms with E-state index in [0.717, 1.165) is 49.0 Å². The quantitative estimate of drug-likeness (QED) is 0.445. The summed E-state index contributed by atoms with van der Waals surface area (Å²) in [6, 6.07) is 15.1. The molecule has 2 rings (SSSR count). The number of ether oxygens (including phenoxy) is 1. The van der Waals surface area contributed by atoms with Crippen molar-refractivity contribution in [1.29, 1.82) is 0 Å². The van der Waals surface area contributed by atoms with E-state index in [4.69, 9.17) is 14.9 Å². The lowest BCUT2D eigenvalue weighted by atomic mass is 9.90. The van der Waals surface area contributed by atoms with Crippen molar-refractivity contribution >= 4 is 5.57 Å². The highest BCUT2D eigenvalue weighted by Crippen LogP contribution is 2.27. The van der Waals surface area contributed by atoms with Gasteiger partial charge in [-0.15, -0.1) is 0 Å². The summed E-state index contributed by atoms with van der Waals surface area (Å²) >= 11 is 0. The van der Waals surface area contributed by atoms with Gasteiger partial charge in [0.2, 0.25) is 0 Å². The van der Waals surface area contributed by atoms with Crippen LogP contribution >= 0.6 is 0 Å². The minimum atomic E-state index is -1.45. The molecule has 2 aromatic rings. The summed E-state index contributed by atoms with van der Waals surface area (Å²) in [6.07, 6.45) is 4.89. The first-order chi connectivity index (χ1) is 13.9. The Hall–Kier alpha value is -2.14. The zero-order valence-corrected chi connectivity index (χ0v) is 17.8. The Kier molecular flexibility index (Phi) is 8.90. The van der Waals surface area contributed by atoms with Gasteiger partial charge in [0.25, 0.3) is 0 Å². The molecule has 0 aliphatic rings. The molecular weight excluding hydrogens is 364 g/mol. The molecule has 0 atom stereocenters. The fraction of sp³-hybridized carbons (Fsp3) is 0.440. The number of benzene rings is 2. The second-order valence-corrected chi connectivity index (χ2v) is 7.48. The summed E-state index contributed by atoms with van der Waals surface area (Å²) in [5.74, 6) is 0.798. The first kappa shape index (κ1) is 23.1. The van der Waals surface area contributed by atoms with Crippen LogP contribution in [0.4, 0.5) is 0 Å². The van der Waals surface area contributed by atoms with Crippen molar-refractivity contribution < 1.29 is 20.1 Å². The molecule has 0 bridgehead atoms. The average molecular weight is 399 g/mol. The van der Waals surface area contributed by atoms with Crippen molar-refractivity contribution in [2.45, 2.75) is 71.4 Å². The van der Waals surface area contributed by atoms with Crippen LogP contribution in [0.25, 0.3) is 5.57 Å². The van der Waals surface area contributed by atoms with Crippen LogP contribution in [0, 0.1) is 0 Å². The van der Waals surface area contributed by atoms with E-state index in [0.29, 0.717) is 12.2 Å². The Labute approximate surface area is 174 Å². The van der Waals surface area contributed by atoms with Crippen LogP contribution in [0.15, 0.2) is 54.6 Å². The van der Waals surface area contributed by atoms with Crippen molar-refractivity contribution in [3.8, 4) is 5.75 Å². The average Bonchev–Trinajstić information content (AvgIpc) is 2.75. The molecule has 158 valence electrons. The predicted octanol–water partition coefficient (Wildman–Crippen LogP) is 5.37. The molecule has 4 nitrogen and oxygen atoms in total. The van der Waals surface area contributed by atoms with Crippen LogP contribution in [0.1, 0.15) is 75.9 Å². The molecule has 0 heterocycles. The Bertz CT molecular complexity index is 774. The first-order valence-electron chi connectivity index (χ1n) is 10.5. The minimum Gasteiger partial charge on any atom is -0.489 e. The number of aliphatic hydroxyl groups excluding tert-OH is 1. The van der Waals surface area contributed by atoms with Crippen molar-refractivity contribution in [3.05, 3.63) is 71.3 Å². The van der Waals surface area contributed by atoms with Gasteiger partial charge in [0.1, 0.15) is 12.4 Å². The van der Waals surface area contributed by atoms with E-state index < -0.39 is 11.9 Å². The zero-order valence-electron chi connectivity index (χ0n) is 17.8. The molecular formula is C25H34O4. The van der Waals surface area contributed by atoms with Crippen molar-refractivity contribution in [2.75, 3.05) is 0 Å². The molecule has 3 N–H and O–H groups in total. The van der Waals surface area contributed by atoms with Crippen LogP contribution in [0.3, 0.4) is 0 Å². The van der Waals surface area contributed by atoms with Crippen LogP contribution in [0.2, 0.25) is 0 Å². The number of hydrogen-bond acceptors (Lipinski definition) is 4. The van der Waals surface area contributed by atoms with Gasteiger partial charge in [-0.2, -0.15) is 0 Å². The van der Waals surface area contributed by atoms with E-state index in [9.17, 15) is 5.11 Å². The molecule has 0 saturated carbocycles. The number of hydrogen-bond donors (Lipinski definition) is 3. The molecule has 29 heavy (non-hydrogen) atoms. The standard InChI is InChI=1S/C25H34O4/c1-4-20(10-8-16-25(28,5-2)6-3)22-9-7-11-23(17-22)29-18-19-12-14-21(15-13-19)24(26)27/h7,9-15,17,24,26-28H,4-6,8,16,18H2,1-3H3. The second kappa shape index (κ2) is 11.1. The molecule has 0 aliphatic carbocycles. The second-order valence-electron chi connectivity index (χ2n) is 7.48. The lowest BCUT2D eigenvalue weighted by Gasteiger charge is -2.24. The summed E-state index contributed by atoms with van der Waals surface area (Å²) < 4.78 is 5.93. The Morgan fingerprint density at radius 3 is 2.31 bits per heavy atom. The fourth-order valence-electron chi connectivity index (χ4n) is 3.32. The monoisotopic (exact) mass is 398 g/mol. The van der Waals surface area contributed by atoms with Crippen molar-refractivity contribution in [1.82, 2.24) is 0 Å². The third kappa shape index (κ3) is 7.00. The smallest absolute Gasteiger partial charge is 0.178 e. The molecule has 0 amide bonds. The molecule has 0 spiro atoms. The molecule has 0 aromatic heterocycles. The van der Waals surface area contributed by atoms with E-state index in [-0.39, 0.29) is 0 Å². The molecule has 0 radical (unpaired) electrons. The van der Waals surface area contributed by atoms with Crippen LogP contribution in [0.5, 0.6) is 5.75 Å². The number of allylic oxidation sites excluding steroid dienone is 2. The molecule has 0 unspecified atom stereocenters. The molecule has 4 heteroatoms. The maximum Gasteiger partial charge on any atom is 0.178 e. The minimum absolute atomic E-state index is 0.413. The summed E-state index contributed by atoms with van der Waals surface area (Å²) in [6.45, 7) is 6.63. The maximum atomic E-state index is 10.5. The van der Waals surface area contributed by atoms with E-state index >= 15 is 0 Å². The molecule has 0 saturated heterocycles. The lowest BCUT2D eigenvalue weighted by Crippen LogP contribution is -2.25. The largest absolute Gasteiger partial charge is 0.489 e. The first-order valence-corrected chi connectivity index (χ1v) is 10.5. The third-order valence-electron chi connectivity index (χ3n) is 5.59. The highest BCUT2D eigenvalue weighted by Gasteiger charge is 2.20. The normalized spacial score (nSPS) is 12.4. The maximum absolute atomic E-state index is 10.5. The fourth-order valence-corrected chi connectivity index (χ4v) is 3.32. The predicted molar refractivity (Wildman–Crippen MR) is 117 cm³/mol. The summed E-state index contributed by atoms with van der Waals surface area (Å²) in [5, 5.41) is 28.8. The van der Waals surface area contributed by atoms with E-state index in [2.05, 4.69) is 19.1 Å². The van der Waals surface area contributed by atoms with Crippen LogP contribution in [-0.2, 0) is 6.61 Å². The molecule has 0 fully saturated rings. The summed E-state index contributed by atoms with van der Waals surface area (Å²) in [4.78, 5) is 0. The Morgan fingerprint density at radius 2 is 1.72 bits per heavy atom. The van der Waals surface area contributed by atoms with Gasteiger partial charge < -0.3 is 20.1 Å². The highest BCUT2D eigenvalue weighted by molar-refractivity contribution is 5.66. The lowest BCUT2D eigenvalue weighted by molar-refractivity contribution is -0.0425.